The van der Waals surface area contributed by atoms with Gasteiger partial charge < -0.3 is 10.5 Å². The molecule has 0 aliphatic heterocycles. The summed E-state index contributed by atoms with van der Waals surface area (Å²) in [5.41, 5.74) is 7.41. The van der Waals surface area contributed by atoms with Gasteiger partial charge in [0.05, 0.1) is 12.8 Å². The molecule has 2 aromatic rings. The number of nitrogens with two attached hydrogens (primary N) is 1. The molecule has 0 spiro atoms. The van der Waals surface area contributed by atoms with Gasteiger partial charge in [0.2, 0.25) is 0 Å². The lowest BCUT2D eigenvalue weighted by molar-refractivity contribution is 0.416. The molecular formula is C15H18BrN3O. The molecule has 0 aliphatic rings. The number of nitrogens with zero attached hydrogens (tertiary/aromatic N) is 2. The van der Waals surface area contributed by atoms with E-state index >= 15 is 0 Å². The van der Waals surface area contributed by atoms with E-state index in [0.29, 0.717) is 6.54 Å². The molecule has 0 saturated heterocycles. The highest BCUT2D eigenvalue weighted by molar-refractivity contribution is 9.10. The second-order valence-electron chi connectivity index (χ2n) is 4.62. The first-order valence-corrected chi connectivity index (χ1v) is 7.32. The smallest absolute Gasteiger partial charge is 0.131 e. The minimum atomic E-state index is 0.248. The van der Waals surface area contributed by atoms with Gasteiger partial charge in [-0.3, -0.25) is 0 Å². The molecule has 20 heavy (non-hydrogen) atoms. The Balaban J connectivity index is 2.43. The average Bonchev–Trinajstić information content (AvgIpc) is 2.47. The van der Waals surface area contributed by atoms with E-state index in [4.69, 9.17) is 10.5 Å². The van der Waals surface area contributed by atoms with Crippen LogP contribution < -0.4 is 10.5 Å². The predicted octanol–water partition coefficient (Wildman–Crippen LogP) is 3.37. The highest BCUT2D eigenvalue weighted by atomic mass is 79.9. The van der Waals surface area contributed by atoms with Gasteiger partial charge in [0.1, 0.15) is 11.6 Å². The quantitative estimate of drug-likeness (QED) is 0.909. The molecule has 1 unspecified atom stereocenters. The van der Waals surface area contributed by atoms with Crippen molar-refractivity contribution < 1.29 is 4.74 Å². The van der Waals surface area contributed by atoms with Crippen LogP contribution in [0, 0.1) is 0 Å². The van der Waals surface area contributed by atoms with Gasteiger partial charge in [-0.2, -0.15) is 0 Å². The third-order valence-electron chi connectivity index (χ3n) is 3.15. The fraction of sp³-hybridized carbons (Fsp3) is 0.333. The maximum absolute atomic E-state index is 5.60. The topological polar surface area (TPSA) is 61.0 Å². The van der Waals surface area contributed by atoms with Gasteiger partial charge in [0, 0.05) is 22.2 Å². The maximum Gasteiger partial charge on any atom is 0.131 e. The van der Waals surface area contributed by atoms with Crippen molar-refractivity contribution in [2.75, 3.05) is 13.7 Å². The van der Waals surface area contributed by atoms with E-state index in [9.17, 15) is 0 Å². The van der Waals surface area contributed by atoms with E-state index < -0.39 is 0 Å². The van der Waals surface area contributed by atoms with E-state index in [0.717, 1.165) is 33.7 Å². The SMILES string of the molecule is COc1ccc(Br)cc1-c1ccnc(C(C)CCN)n1. The maximum atomic E-state index is 5.60. The van der Waals surface area contributed by atoms with Gasteiger partial charge in [0.25, 0.3) is 0 Å². The van der Waals surface area contributed by atoms with Crippen molar-refractivity contribution in [1.29, 1.82) is 0 Å². The van der Waals surface area contributed by atoms with Gasteiger partial charge in [-0.25, -0.2) is 9.97 Å². The molecule has 0 bridgehead atoms. The lowest BCUT2D eigenvalue weighted by atomic mass is 10.1. The molecule has 1 aromatic carbocycles. The van der Waals surface area contributed by atoms with Crippen LogP contribution in [0.2, 0.25) is 0 Å². The average molecular weight is 336 g/mol. The second kappa shape index (κ2) is 6.81. The number of benzene rings is 1. The predicted molar refractivity (Wildman–Crippen MR) is 83.8 cm³/mol. The molecule has 0 amide bonds. The monoisotopic (exact) mass is 335 g/mol. The van der Waals surface area contributed by atoms with Gasteiger partial charge >= 0.3 is 0 Å². The fourth-order valence-corrected chi connectivity index (χ4v) is 2.38. The molecule has 1 atom stereocenters. The second-order valence-corrected chi connectivity index (χ2v) is 5.54. The normalized spacial score (nSPS) is 12.2. The molecule has 2 rings (SSSR count). The van der Waals surface area contributed by atoms with Crippen LogP contribution in [-0.2, 0) is 0 Å². The largest absolute Gasteiger partial charge is 0.496 e. The van der Waals surface area contributed by atoms with Crippen LogP contribution in [-0.4, -0.2) is 23.6 Å². The highest BCUT2D eigenvalue weighted by Crippen LogP contribution is 2.31. The van der Waals surface area contributed by atoms with Gasteiger partial charge in [-0.15, -0.1) is 0 Å². The Labute approximate surface area is 127 Å². The van der Waals surface area contributed by atoms with Crippen LogP contribution >= 0.6 is 15.9 Å². The zero-order valence-electron chi connectivity index (χ0n) is 11.6. The highest BCUT2D eigenvalue weighted by Gasteiger charge is 2.12. The summed E-state index contributed by atoms with van der Waals surface area (Å²) >= 11 is 3.48. The zero-order chi connectivity index (χ0) is 14.5. The Morgan fingerprint density at radius 1 is 1.35 bits per heavy atom. The Hall–Kier alpha value is -1.46. The zero-order valence-corrected chi connectivity index (χ0v) is 13.2. The number of hydrogen-bond acceptors (Lipinski definition) is 4. The number of methoxy groups -OCH3 is 1. The van der Waals surface area contributed by atoms with Crippen molar-refractivity contribution in [2.24, 2.45) is 5.73 Å². The third kappa shape index (κ3) is 3.35. The standard InChI is InChI=1S/C15H18BrN3O/c1-10(5-7-17)15-18-8-6-13(19-15)12-9-11(16)3-4-14(12)20-2/h3-4,6,8-10H,5,7,17H2,1-2H3. The number of hydrogen-bond donors (Lipinski definition) is 1. The van der Waals surface area contributed by atoms with Crippen LogP contribution in [0.15, 0.2) is 34.9 Å². The fourth-order valence-electron chi connectivity index (χ4n) is 2.02. The Morgan fingerprint density at radius 2 is 2.15 bits per heavy atom. The van der Waals surface area contributed by atoms with E-state index in [1.807, 2.05) is 24.3 Å². The summed E-state index contributed by atoms with van der Waals surface area (Å²) in [7, 11) is 1.66. The Morgan fingerprint density at radius 3 is 2.85 bits per heavy atom. The Kier molecular flexibility index (Phi) is 5.09. The van der Waals surface area contributed by atoms with Crippen LogP contribution in [0.3, 0.4) is 0 Å². The van der Waals surface area contributed by atoms with E-state index in [1.165, 1.54) is 0 Å². The molecule has 1 heterocycles. The summed E-state index contributed by atoms with van der Waals surface area (Å²) in [6.07, 6.45) is 2.66. The lowest BCUT2D eigenvalue weighted by Gasteiger charge is -2.12. The van der Waals surface area contributed by atoms with Crippen LogP contribution in [0.1, 0.15) is 25.1 Å². The summed E-state index contributed by atoms with van der Waals surface area (Å²) in [6.45, 7) is 2.72. The number of rotatable bonds is 5. The molecule has 1 aromatic heterocycles. The first kappa shape index (κ1) is 14.9. The summed E-state index contributed by atoms with van der Waals surface area (Å²) in [4.78, 5) is 8.99. The van der Waals surface area contributed by atoms with Crippen molar-refractivity contribution in [2.45, 2.75) is 19.3 Å². The molecule has 0 saturated carbocycles. The number of ether oxygens (including phenoxy) is 1. The molecule has 5 heteroatoms. The van der Waals surface area contributed by atoms with E-state index in [2.05, 4.69) is 32.8 Å². The molecule has 106 valence electrons. The molecule has 0 radical (unpaired) electrons. The van der Waals surface area contributed by atoms with Crippen molar-refractivity contribution >= 4 is 15.9 Å². The lowest BCUT2D eigenvalue weighted by Crippen LogP contribution is -2.08. The minimum absolute atomic E-state index is 0.248. The molecule has 0 fully saturated rings. The van der Waals surface area contributed by atoms with Crippen molar-refractivity contribution in [3.05, 3.63) is 40.8 Å². The minimum Gasteiger partial charge on any atom is -0.496 e. The summed E-state index contributed by atoms with van der Waals surface area (Å²) < 4.78 is 6.39. The van der Waals surface area contributed by atoms with Crippen LogP contribution in [0.4, 0.5) is 0 Å². The van der Waals surface area contributed by atoms with Crippen molar-refractivity contribution in [3.63, 3.8) is 0 Å². The van der Waals surface area contributed by atoms with Gasteiger partial charge in [-0.05, 0) is 37.2 Å². The third-order valence-corrected chi connectivity index (χ3v) is 3.65. The number of halogens is 1. The van der Waals surface area contributed by atoms with Crippen LogP contribution in [0.25, 0.3) is 11.3 Å². The first-order chi connectivity index (χ1) is 9.65. The van der Waals surface area contributed by atoms with Crippen molar-refractivity contribution in [1.82, 2.24) is 9.97 Å². The van der Waals surface area contributed by atoms with Gasteiger partial charge in [0.15, 0.2) is 0 Å². The molecule has 0 aliphatic carbocycles. The first-order valence-electron chi connectivity index (χ1n) is 6.52. The summed E-state index contributed by atoms with van der Waals surface area (Å²) in [5, 5.41) is 0. The molecule has 2 N–H and O–H groups in total. The van der Waals surface area contributed by atoms with E-state index in [1.54, 1.807) is 13.3 Å². The number of aromatic nitrogens is 2. The summed E-state index contributed by atoms with van der Waals surface area (Å²) in [5.74, 6) is 1.86. The Bertz CT molecular complexity index is 589. The molecular weight excluding hydrogens is 318 g/mol. The van der Waals surface area contributed by atoms with Gasteiger partial charge in [-0.1, -0.05) is 22.9 Å². The molecule has 4 nitrogen and oxygen atoms in total. The summed E-state index contributed by atoms with van der Waals surface area (Å²) in [6, 6.07) is 7.76. The van der Waals surface area contributed by atoms with Crippen LogP contribution in [0.5, 0.6) is 5.75 Å². The van der Waals surface area contributed by atoms with E-state index in [-0.39, 0.29) is 5.92 Å². The van der Waals surface area contributed by atoms with Crippen molar-refractivity contribution in [3.8, 4) is 17.0 Å².